The zero-order chi connectivity index (χ0) is 16.8. The molecule has 6 heteroatoms. The summed E-state index contributed by atoms with van der Waals surface area (Å²) in [5.74, 6) is 1.40. The fourth-order valence-electron chi connectivity index (χ4n) is 2.25. The fourth-order valence-corrected chi connectivity index (χ4v) is 2.25. The van der Waals surface area contributed by atoms with Crippen molar-refractivity contribution in [2.45, 2.75) is 19.9 Å². The Morgan fingerprint density at radius 1 is 1.29 bits per heavy atom. The van der Waals surface area contributed by atoms with Crippen LogP contribution in [0.3, 0.4) is 0 Å². The summed E-state index contributed by atoms with van der Waals surface area (Å²) in [5.41, 5.74) is 0.613. The number of carbonyl (C=O) groups is 1. The van der Waals surface area contributed by atoms with Crippen molar-refractivity contribution < 1.29 is 13.9 Å². The molecular formula is C18H19N3O3. The van der Waals surface area contributed by atoms with E-state index in [1.54, 1.807) is 24.7 Å². The van der Waals surface area contributed by atoms with Crippen molar-refractivity contribution >= 4 is 11.6 Å². The van der Waals surface area contributed by atoms with Gasteiger partial charge in [-0.3, -0.25) is 4.79 Å². The zero-order valence-corrected chi connectivity index (χ0v) is 13.4. The van der Waals surface area contributed by atoms with Crippen LogP contribution in [-0.2, 0) is 13.0 Å². The fraction of sp³-hybridized carbons (Fsp3) is 0.222. The molecule has 2 aromatic heterocycles. The van der Waals surface area contributed by atoms with Crippen molar-refractivity contribution in [3.8, 4) is 5.75 Å². The van der Waals surface area contributed by atoms with Gasteiger partial charge in [0.25, 0.3) is 5.91 Å². The summed E-state index contributed by atoms with van der Waals surface area (Å²) in [4.78, 5) is 16.3. The second-order valence-corrected chi connectivity index (χ2v) is 5.22. The molecule has 0 saturated heterocycles. The first-order valence-electron chi connectivity index (χ1n) is 7.84. The van der Waals surface area contributed by atoms with Gasteiger partial charge in [-0.15, -0.1) is 0 Å². The molecule has 0 saturated carbocycles. The summed E-state index contributed by atoms with van der Waals surface area (Å²) in [6.45, 7) is 3.13. The van der Waals surface area contributed by atoms with Crippen LogP contribution in [0.4, 0.5) is 5.69 Å². The van der Waals surface area contributed by atoms with Crippen molar-refractivity contribution in [2.75, 3.05) is 11.9 Å². The summed E-state index contributed by atoms with van der Waals surface area (Å²) in [5, 5.41) is 2.83. The van der Waals surface area contributed by atoms with Crippen LogP contribution in [0.1, 0.15) is 23.2 Å². The third kappa shape index (κ3) is 3.84. The van der Waals surface area contributed by atoms with E-state index in [9.17, 15) is 4.79 Å². The SMILES string of the molecule is CCc1ccc(C(=O)Nc2ccccc2OCCn2ccnc2)o1. The Hall–Kier alpha value is -3.02. The van der Waals surface area contributed by atoms with Crippen molar-refractivity contribution in [1.82, 2.24) is 9.55 Å². The van der Waals surface area contributed by atoms with E-state index in [1.807, 2.05) is 42.0 Å². The molecule has 2 heterocycles. The Labute approximate surface area is 140 Å². The minimum Gasteiger partial charge on any atom is -0.490 e. The molecule has 0 fully saturated rings. The standard InChI is InChI=1S/C18H19N3O3/c1-2-14-7-8-17(24-14)18(22)20-15-5-3-4-6-16(15)23-12-11-21-10-9-19-13-21/h3-10,13H,2,11-12H2,1H3,(H,20,22). The summed E-state index contributed by atoms with van der Waals surface area (Å²) in [7, 11) is 0. The van der Waals surface area contributed by atoms with Gasteiger partial charge in [-0.25, -0.2) is 4.98 Å². The number of benzene rings is 1. The van der Waals surface area contributed by atoms with Crippen LogP contribution in [0.15, 0.2) is 59.5 Å². The van der Waals surface area contributed by atoms with E-state index in [-0.39, 0.29) is 5.91 Å². The lowest BCUT2D eigenvalue weighted by Gasteiger charge is -2.12. The van der Waals surface area contributed by atoms with Gasteiger partial charge in [0.2, 0.25) is 0 Å². The summed E-state index contributed by atoms with van der Waals surface area (Å²) >= 11 is 0. The average Bonchev–Trinajstić information content (AvgIpc) is 3.28. The van der Waals surface area contributed by atoms with Crippen LogP contribution in [0.5, 0.6) is 5.75 Å². The van der Waals surface area contributed by atoms with Crippen molar-refractivity contribution in [3.05, 3.63) is 66.6 Å². The van der Waals surface area contributed by atoms with Gasteiger partial charge in [-0.2, -0.15) is 0 Å². The lowest BCUT2D eigenvalue weighted by molar-refractivity contribution is 0.0994. The number of aromatic nitrogens is 2. The van der Waals surface area contributed by atoms with Crippen LogP contribution >= 0.6 is 0 Å². The highest BCUT2D eigenvalue weighted by atomic mass is 16.5. The maximum absolute atomic E-state index is 12.3. The highest BCUT2D eigenvalue weighted by Crippen LogP contribution is 2.24. The molecule has 1 aromatic carbocycles. The Morgan fingerprint density at radius 2 is 2.17 bits per heavy atom. The number of amides is 1. The number of hydrogen-bond donors (Lipinski definition) is 1. The van der Waals surface area contributed by atoms with E-state index >= 15 is 0 Å². The van der Waals surface area contributed by atoms with Gasteiger partial charge in [0.15, 0.2) is 5.76 Å². The molecule has 0 radical (unpaired) electrons. The predicted octanol–water partition coefficient (Wildman–Crippen LogP) is 3.37. The maximum atomic E-state index is 12.3. The van der Waals surface area contributed by atoms with Crippen LogP contribution in [0.2, 0.25) is 0 Å². The average molecular weight is 325 g/mol. The number of hydrogen-bond acceptors (Lipinski definition) is 4. The molecule has 0 bridgehead atoms. The quantitative estimate of drug-likeness (QED) is 0.723. The van der Waals surface area contributed by atoms with Crippen LogP contribution in [0, 0.1) is 0 Å². The van der Waals surface area contributed by atoms with Gasteiger partial charge in [0, 0.05) is 18.8 Å². The molecule has 0 unspecified atom stereocenters. The lowest BCUT2D eigenvalue weighted by atomic mass is 10.3. The normalized spacial score (nSPS) is 10.5. The van der Waals surface area contributed by atoms with Crippen molar-refractivity contribution in [2.24, 2.45) is 0 Å². The van der Waals surface area contributed by atoms with E-state index in [0.29, 0.717) is 30.3 Å². The summed E-state index contributed by atoms with van der Waals surface area (Å²) in [6.07, 6.45) is 6.09. The van der Waals surface area contributed by atoms with Crippen LogP contribution in [0.25, 0.3) is 0 Å². The molecule has 0 spiro atoms. The van der Waals surface area contributed by atoms with Gasteiger partial charge in [-0.1, -0.05) is 19.1 Å². The van der Waals surface area contributed by atoms with E-state index in [4.69, 9.17) is 9.15 Å². The van der Waals surface area contributed by atoms with Crippen LogP contribution in [-0.4, -0.2) is 22.1 Å². The van der Waals surface area contributed by atoms with E-state index in [2.05, 4.69) is 10.3 Å². The van der Waals surface area contributed by atoms with Crippen molar-refractivity contribution in [3.63, 3.8) is 0 Å². The third-order valence-electron chi connectivity index (χ3n) is 3.54. The number of para-hydroxylation sites is 2. The molecule has 1 amide bonds. The zero-order valence-electron chi connectivity index (χ0n) is 13.4. The molecule has 0 aliphatic rings. The number of anilines is 1. The summed E-state index contributed by atoms with van der Waals surface area (Å²) < 4.78 is 13.2. The first-order chi connectivity index (χ1) is 11.8. The van der Waals surface area contributed by atoms with Crippen molar-refractivity contribution in [1.29, 1.82) is 0 Å². The third-order valence-corrected chi connectivity index (χ3v) is 3.54. The monoisotopic (exact) mass is 325 g/mol. The highest BCUT2D eigenvalue weighted by Gasteiger charge is 2.13. The number of carbonyl (C=O) groups excluding carboxylic acids is 1. The number of rotatable bonds is 7. The minimum absolute atomic E-state index is 0.291. The molecule has 3 rings (SSSR count). The van der Waals surface area contributed by atoms with Gasteiger partial charge >= 0.3 is 0 Å². The summed E-state index contributed by atoms with van der Waals surface area (Å²) in [6, 6.07) is 10.8. The number of nitrogens with one attached hydrogen (secondary N) is 1. The van der Waals surface area contributed by atoms with Gasteiger partial charge in [0.1, 0.15) is 18.1 Å². The second-order valence-electron chi connectivity index (χ2n) is 5.22. The van der Waals surface area contributed by atoms with E-state index in [0.717, 1.165) is 12.2 Å². The smallest absolute Gasteiger partial charge is 0.291 e. The number of nitrogens with zero attached hydrogens (tertiary/aromatic N) is 2. The molecule has 0 aliphatic carbocycles. The molecule has 6 nitrogen and oxygen atoms in total. The topological polar surface area (TPSA) is 69.3 Å². The number of ether oxygens (including phenoxy) is 1. The predicted molar refractivity (Wildman–Crippen MR) is 90.2 cm³/mol. The molecule has 1 N–H and O–H groups in total. The first kappa shape index (κ1) is 15.9. The molecule has 24 heavy (non-hydrogen) atoms. The first-order valence-corrected chi connectivity index (χ1v) is 7.84. The Kier molecular flexibility index (Phi) is 4.96. The maximum Gasteiger partial charge on any atom is 0.291 e. The largest absolute Gasteiger partial charge is 0.490 e. The number of imidazole rings is 1. The van der Waals surface area contributed by atoms with Gasteiger partial charge < -0.3 is 19.0 Å². The Morgan fingerprint density at radius 3 is 2.92 bits per heavy atom. The van der Waals surface area contributed by atoms with Crippen LogP contribution < -0.4 is 10.1 Å². The Balaban J connectivity index is 1.63. The molecule has 124 valence electrons. The van der Waals surface area contributed by atoms with Gasteiger partial charge in [0.05, 0.1) is 18.6 Å². The lowest BCUT2D eigenvalue weighted by Crippen LogP contribution is -2.13. The highest BCUT2D eigenvalue weighted by molar-refractivity contribution is 6.03. The number of furan rings is 1. The molecule has 3 aromatic rings. The minimum atomic E-state index is -0.291. The number of aryl methyl sites for hydroxylation is 1. The Bertz CT molecular complexity index is 793. The van der Waals surface area contributed by atoms with E-state index < -0.39 is 0 Å². The second kappa shape index (κ2) is 7.50. The molecule has 0 aliphatic heterocycles. The van der Waals surface area contributed by atoms with E-state index in [1.165, 1.54) is 0 Å². The molecular weight excluding hydrogens is 306 g/mol. The van der Waals surface area contributed by atoms with Gasteiger partial charge in [-0.05, 0) is 24.3 Å². The molecule has 0 atom stereocenters.